The van der Waals surface area contributed by atoms with Crippen molar-refractivity contribution in [3.05, 3.63) is 12.2 Å². The summed E-state index contributed by atoms with van der Waals surface area (Å²) in [6, 6.07) is 0. The van der Waals surface area contributed by atoms with Crippen LogP contribution in [0.4, 0.5) is 4.79 Å². The van der Waals surface area contributed by atoms with E-state index in [4.69, 9.17) is 37.4 Å². The lowest BCUT2D eigenvalue weighted by molar-refractivity contribution is -0.162. The van der Waals surface area contributed by atoms with Gasteiger partial charge in [-0.3, -0.25) is 4.79 Å². The van der Waals surface area contributed by atoms with Gasteiger partial charge < -0.3 is 14.2 Å². The number of nitrogens with zero attached hydrogens (tertiary/aromatic N) is 1. The fourth-order valence-corrected chi connectivity index (χ4v) is 6.66. The summed E-state index contributed by atoms with van der Waals surface area (Å²) in [5.74, 6) is -0.861. The number of imide groups is 1. The van der Waals surface area contributed by atoms with Gasteiger partial charge >= 0.3 is 12.1 Å². The minimum atomic E-state index is -1.75. The van der Waals surface area contributed by atoms with E-state index in [1.807, 2.05) is 0 Å². The molecule has 2 saturated heterocycles. The minimum Gasteiger partial charge on any atom is -0.462 e. The summed E-state index contributed by atoms with van der Waals surface area (Å²) in [6.45, 7) is 6.03. The molecule has 1 unspecified atom stereocenters. The van der Waals surface area contributed by atoms with Crippen molar-refractivity contribution in [1.82, 2.24) is 4.90 Å². The second-order valence-corrected chi connectivity index (χ2v) is 10.3. The van der Waals surface area contributed by atoms with Gasteiger partial charge in [0.1, 0.15) is 6.61 Å². The van der Waals surface area contributed by atoms with Crippen LogP contribution in [0.15, 0.2) is 12.2 Å². The maximum absolute atomic E-state index is 13.9. The van der Waals surface area contributed by atoms with Gasteiger partial charge in [0.2, 0.25) is 5.91 Å². The highest BCUT2D eigenvalue weighted by molar-refractivity contribution is 6.36. The Morgan fingerprint density at radius 3 is 2.63 bits per heavy atom. The zero-order valence-corrected chi connectivity index (χ0v) is 18.9. The van der Waals surface area contributed by atoms with Crippen LogP contribution in [-0.2, 0) is 23.8 Å². The van der Waals surface area contributed by atoms with Crippen LogP contribution in [0.3, 0.4) is 0 Å². The second kappa shape index (κ2) is 7.38. The van der Waals surface area contributed by atoms with Crippen LogP contribution < -0.4 is 0 Å². The van der Waals surface area contributed by atoms with Crippen molar-refractivity contribution in [1.29, 1.82) is 0 Å². The molecule has 1 spiro atoms. The molecule has 30 heavy (non-hydrogen) atoms. The number of hydrogen-bond donors (Lipinski definition) is 0. The van der Waals surface area contributed by atoms with E-state index in [1.54, 1.807) is 19.1 Å². The summed E-state index contributed by atoms with van der Waals surface area (Å²) in [4.78, 5) is 38.8. The molecule has 4 fully saturated rings. The highest BCUT2D eigenvalue weighted by Crippen LogP contribution is 2.67. The summed E-state index contributed by atoms with van der Waals surface area (Å²) in [7, 11) is 0. The SMILES string of the molecule is C/C=C/CC1(Cl)C(=O)OCCO[C@H]2C[C@@H]3CC[C@@]2(C(=O)N2C(=O)O[C@H]1[C@H]2Cl)C3(C)C. The van der Waals surface area contributed by atoms with E-state index >= 15 is 0 Å². The number of ether oxygens (including phenoxy) is 3. The summed E-state index contributed by atoms with van der Waals surface area (Å²) >= 11 is 13.3. The summed E-state index contributed by atoms with van der Waals surface area (Å²) in [6.07, 6.45) is 3.14. The summed E-state index contributed by atoms with van der Waals surface area (Å²) in [5, 5.41) is 0. The van der Waals surface area contributed by atoms with Crippen LogP contribution >= 0.6 is 23.2 Å². The molecule has 7 nitrogen and oxygen atoms in total. The first-order chi connectivity index (χ1) is 14.1. The first-order valence-electron chi connectivity index (χ1n) is 10.4. The average molecular weight is 460 g/mol. The first kappa shape index (κ1) is 21.9. The molecule has 2 aliphatic heterocycles. The number of halogens is 2. The van der Waals surface area contributed by atoms with Gasteiger partial charge in [0.25, 0.3) is 0 Å². The van der Waals surface area contributed by atoms with Crippen LogP contribution in [0, 0.1) is 16.7 Å². The molecule has 4 rings (SSSR count). The largest absolute Gasteiger partial charge is 0.462 e. The maximum atomic E-state index is 13.9. The van der Waals surface area contributed by atoms with Gasteiger partial charge in [0.05, 0.1) is 18.1 Å². The molecule has 0 aromatic rings. The molecule has 0 N–H and O–H groups in total. The predicted octanol–water partition coefficient (Wildman–Crippen LogP) is 3.61. The van der Waals surface area contributed by atoms with E-state index in [0.717, 1.165) is 11.3 Å². The monoisotopic (exact) mass is 459 g/mol. The number of carbonyl (C=O) groups is 3. The number of fused-ring (bicyclic) bond motifs is 3. The highest BCUT2D eigenvalue weighted by atomic mass is 35.5. The lowest BCUT2D eigenvalue weighted by Gasteiger charge is -2.42. The zero-order chi connectivity index (χ0) is 21.9. The smallest absolute Gasteiger partial charge is 0.418 e. The van der Waals surface area contributed by atoms with Gasteiger partial charge in [-0.1, -0.05) is 37.6 Å². The number of carbonyl (C=O) groups excluding carboxylic acids is 3. The fraction of sp³-hybridized carbons (Fsp3) is 0.762. The third-order valence-corrected chi connectivity index (χ3v) is 8.65. The van der Waals surface area contributed by atoms with E-state index in [0.29, 0.717) is 18.8 Å². The molecule has 2 saturated carbocycles. The van der Waals surface area contributed by atoms with E-state index in [-0.39, 0.29) is 31.2 Å². The summed E-state index contributed by atoms with van der Waals surface area (Å²) in [5.41, 5.74) is -2.49. The number of amides is 2. The molecule has 0 aromatic heterocycles. The van der Waals surface area contributed by atoms with Crippen molar-refractivity contribution in [3.63, 3.8) is 0 Å². The Kier molecular flexibility index (Phi) is 5.39. The number of allylic oxidation sites excluding steroid dienone is 2. The Labute approximate surface area is 186 Å². The Balaban J connectivity index is 1.78. The molecule has 6 atom stereocenters. The molecule has 2 amide bonds. The Hall–Kier alpha value is -1.31. The van der Waals surface area contributed by atoms with Gasteiger partial charge in [-0.2, -0.15) is 0 Å². The van der Waals surface area contributed by atoms with Gasteiger partial charge in [-0.25, -0.2) is 14.5 Å². The lowest BCUT2D eigenvalue weighted by Crippen LogP contribution is -2.57. The van der Waals surface area contributed by atoms with Gasteiger partial charge in [-0.05, 0) is 43.9 Å². The third-order valence-electron chi connectivity index (χ3n) is 7.70. The molecule has 166 valence electrons. The van der Waals surface area contributed by atoms with E-state index in [1.165, 1.54) is 0 Å². The van der Waals surface area contributed by atoms with Crippen LogP contribution in [0.1, 0.15) is 46.5 Å². The number of hydrogen-bond acceptors (Lipinski definition) is 6. The quantitative estimate of drug-likeness (QED) is 0.271. The van der Waals surface area contributed by atoms with Crippen molar-refractivity contribution >= 4 is 41.2 Å². The van der Waals surface area contributed by atoms with Gasteiger partial charge in [0, 0.05) is 0 Å². The lowest BCUT2D eigenvalue weighted by atomic mass is 9.67. The fourth-order valence-electron chi connectivity index (χ4n) is 5.86. The van der Waals surface area contributed by atoms with Crippen molar-refractivity contribution in [3.8, 4) is 0 Å². The molecule has 4 aliphatic rings. The van der Waals surface area contributed by atoms with Crippen LogP contribution in [0.5, 0.6) is 0 Å². The Bertz CT molecular complexity index is 800. The van der Waals surface area contributed by atoms with Crippen LogP contribution in [-0.4, -0.2) is 58.7 Å². The Morgan fingerprint density at radius 1 is 1.23 bits per heavy atom. The minimum absolute atomic E-state index is 0.00760. The number of cyclic esters (lactones) is 1. The molecule has 9 heteroatoms. The van der Waals surface area contributed by atoms with Crippen molar-refractivity contribution < 1.29 is 28.6 Å². The van der Waals surface area contributed by atoms with Gasteiger partial charge in [-0.15, -0.1) is 11.6 Å². The molecule has 2 aliphatic carbocycles. The predicted molar refractivity (Wildman–Crippen MR) is 109 cm³/mol. The standard InChI is InChI=1S/C21H27Cl2NO6/c1-4-5-7-21(23)14-15(22)24(18(27)30-14)16(25)20-8-6-12(19(20,2)3)11-13(20)28-9-10-29-17(21)26/h4-5,12-15H,6-11H2,1-3H3/b5-4+/t12-,13-,14-,15-,20+,21?/m0/s1. The van der Waals surface area contributed by atoms with E-state index in [2.05, 4.69) is 13.8 Å². The highest BCUT2D eigenvalue weighted by Gasteiger charge is 2.71. The van der Waals surface area contributed by atoms with E-state index in [9.17, 15) is 14.4 Å². The molecular weight excluding hydrogens is 433 g/mol. The number of rotatable bonds is 2. The topological polar surface area (TPSA) is 82.1 Å². The normalized spacial score (nSPS) is 43.2. The zero-order valence-electron chi connectivity index (χ0n) is 17.4. The second-order valence-electron chi connectivity index (χ2n) is 9.15. The molecule has 0 radical (unpaired) electrons. The molecular formula is C21H27Cl2NO6. The number of esters is 1. The first-order valence-corrected chi connectivity index (χ1v) is 11.2. The van der Waals surface area contributed by atoms with Crippen molar-refractivity contribution in [2.24, 2.45) is 16.7 Å². The Morgan fingerprint density at radius 2 is 1.97 bits per heavy atom. The van der Waals surface area contributed by atoms with E-state index < -0.39 is 39.9 Å². The molecule has 2 heterocycles. The molecule has 0 aromatic carbocycles. The van der Waals surface area contributed by atoms with Crippen molar-refractivity contribution in [2.75, 3.05) is 13.2 Å². The third kappa shape index (κ3) is 2.77. The van der Waals surface area contributed by atoms with Crippen LogP contribution in [0.25, 0.3) is 0 Å². The number of alkyl halides is 2. The average Bonchev–Trinajstić information content (AvgIpc) is 3.23. The van der Waals surface area contributed by atoms with Gasteiger partial charge in [0.15, 0.2) is 16.5 Å². The molecule has 4 bridgehead atoms. The van der Waals surface area contributed by atoms with Crippen LogP contribution in [0.2, 0.25) is 0 Å². The maximum Gasteiger partial charge on any atom is 0.418 e. The summed E-state index contributed by atoms with van der Waals surface area (Å²) < 4.78 is 16.9. The van der Waals surface area contributed by atoms with Crippen molar-refractivity contribution in [2.45, 2.75) is 69.0 Å².